The Bertz CT molecular complexity index is 2850. The lowest BCUT2D eigenvalue weighted by atomic mass is 9.86. The Morgan fingerprint density at radius 3 is 1.86 bits per heavy atom. The average molecular weight is 775 g/mol. The van der Waals surface area contributed by atoms with Gasteiger partial charge in [0.2, 0.25) is 0 Å². The fourth-order valence-electron chi connectivity index (χ4n) is 8.29. The van der Waals surface area contributed by atoms with Gasteiger partial charge in [0.15, 0.2) is 0 Å². The number of ether oxygens (including phenoxy) is 1. The van der Waals surface area contributed by atoms with Crippen molar-refractivity contribution < 1.29 is 4.74 Å². The van der Waals surface area contributed by atoms with Crippen molar-refractivity contribution in [3.05, 3.63) is 168 Å². The molecule has 0 bridgehead atoms. The number of aromatic nitrogens is 2. The van der Waals surface area contributed by atoms with Crippen LogP contribution in [0.1, 0.15) is 79.0 Å². The molecular formula is C54H54N4O. The normalized spacial score (nSPS) is 13.4. The Morgan fingerprint density at radius 2 is 1.12 bits per heavy atom. The summed E-state index contributed by atoms with van der Waals surface area (Å²) in [6.07, 6.45) is 1.93. The monoisotopic (exact) mass is 774 g/mol. The SMILES string of the molecule is CC(C)(C)c1cccc(N2CN(c3cccc(Oc4ccc5c6cc(C(C)(C)C)ccc6n(-c6cc(C(C)(C)C)ccn6)c5c4)c3)c3ccc(-c4ccccc4)cc32)c1. The highest BCUT2D eigenvalue weighted by molar-refractivity contribution is 6.10. The van der Waals surface area contributed by atoms with Crippen LogP contribution < -0.4 is 14.5 Å². The van der Waals surface area contributed by atoms with Crippen LogP contribution in [0.4, 0.5) is 22.7 Å². The third kappa shape index (κ3) is 7.24. The molecule has 0 atom stereocenters. The van der Waals surface area contributed by atoms with Crippen molar-refractivity contribution in [1.29, 1.82) is 0 Å². The first kappa shape index (κ1) is 38.2. The highest BCUT2D eigenvalue weighted by Gasteiger charge is 2.30. The Labute approximate surface area is 349 Å². The molecule has 0 radical (unpaired) electrons. The van der Waals surface area contributed by atoms with Gasteiger partial charge in [0.05, 0.1) is 22.4 Å². The van der Waals surface area contributed by atoms with Gasteiger partial charge in [-0.25, -0.2) is 4.98 Å². The summed E-state index contributed by atoms with van der Waals surface area (Å²) < 4.78 is 9.08. The number of nitrogens with zero attached hydrogens (tertiary/aromatic N) is 4. The molecule has 8 aromatic rings. The van der Waals surface area contributed by atoms with Crippen molar-refractivity contribution >= 4 is 44.6 Å². The lowest BCUT2D eigenvalue weighted by molar-refractivity contribution is 0.483. The van der Waals surface area contributed by atoms with Gasteiger partial charge in [-0.3, -0.25) is 4.57 Å². The third-order valence-electron chi connectivity index (χ3n) is 11.8. The van der Waals surface area contributed by atoms with E-state index in [-0.39, 0.29) is 16.2 Å². The number of pyridine rings is 1. The van der Waals surface area contributed by atoms with Crippen LogP contribution >= 0.6 is 0 Å². The molecule has 9 rings (SSSR count). The third-order valence-corrected chi connectivity index (χ3v) is 11.8. The minimum absolute atomic E-state index is 0.0112. The Hall–Kier alpha value is -6.33. The smallest absolute Gasteiger partial charge is 0.137 e. The molecule has 0 unspecified atom stereocenters. The molecule has 0 saturated heterocycles. The molecule has 0 aliphatic carbocycles. The van der Waals surface area contributed by atoms with E-state index in [0.717, 1.165) is 39.7 Å². The lowest BCUT2D eigenvalue weighted by Gasteiger charge is -2.25. The Balaban J connectivity index is 1.11. The van der Waals surface area contributed by atoms with Crippen LogP contribution in [-0.2, 0) is 16.2 Å². The van der Waals surface area contributed by atoms with Gasteiger partial charge in [0, 0.05) is 40.5 Å². The van der Waals surface area contributed by atoms with Gasteiger partial charge in [-0.2, -0.15) is 0 Å². The molecule has 0 fully saturated rings. The quantitative estimate of drug-likeness (QED) is 0.168. The molecule has 0 amide bonds. The molecular weight excluding hydrogens is 721 g/mol. The van der Waals surface area contributed by atoms with E-state index in [2.05, 4.69) is 216 Å². The molecule has 5 nitrogen and oxygen atoms in total. The van der Waals surface area contributed by atoms with E-state index in [4.69, 9.17) is 9.72 Å². The first-order valence-electron chi connectivity index (χ1n) is 20.8. The molecule has 296 valence electrons. The second-order valence-electron chi connectivity index (χ2n) is 19.1. The van der Waals surface area contributed by atoms with E-state index in [1.54, 1.807) is 0 Å². The number of fused-ring (bicyclic) bond motifs is 4. The van der Waals surface area contributed by atoms with Gasteiger partial charge < -0.3 is 14.5 Å². The van der Waals surface area contributed by atoms with E-state index < -0.39 is 0 Å². The van der Waals surface area contributed by atoms with Gasteiger partial charge in [-0.1, -0.05) is 123 Å². The fraction of sp³-hybridized carbons (Fsp3) is 0.241. The van der Waals surface area contributed by atoms with E-state index in [0.29, 0.717) is 6.67 Å². The van der Waals surface area contributed by atoms with Crippen LogP contribution in [0.15, 0.2) is 152 Å². The molecule has 3 heterocycles. The first-order chi connectivity index (χ1) is 28.1. The maximum atomic E-state index is 6.79. The van der Waals surface area contributed by atoms with Crippen LogP contribution in [-0.4, -0.2) is 16.2 Å². The molecule has 2 aromatic heterocycles. The topological polar surface area (TPSA) is 33.5 Å². The summed E-state index contributed by atoms with van der Waals surface area (Å²) in [5.41, 5.74) is 13.1. The highest BCUT2D eigenvalue weighted by Crippen LogP contribution is 2.47. The van der Waals surface area contributed by atoms with Crippen molar-refractivity contribution in [3.8, 4) is 28.4 Å². The van der Waals surface area contributed by atoms with Crippen molar-refractivity contribution in [3.63, 3.8) is 0 Å². The summed E-state index contributed by atoms with van der Waals surface area (Å²) in [5, 5.41) is 2.39. The maximum Gasteiger partial charge on any atom is 0.137 e. The maximum absolute atomic E-state index is 6.79. The second-order valence-corrected chi connectivity index (χ2v) is 19.1. The molecule has 6 aromatic carbocycles. The first-order valence-corrected chi connectivity index (χ1v) is 20.8. The summed E-state index contributed by atoms with van der Waals surface area (Å²) in [6.45, 7) is 21.1. The predicted molar refractivity (Wildman–Crippen MR) is 249 cm³/mol. The summed E-state index contributed by atoms with van der Waals surface area (Å²) >= 11 is 0. The summed E-state index contributed by atoms with van der Waals surface area (Å²) in [4.78, 5) is 9.76. The number of rotatable bonds is 6. The minimum Gasteiger partial charge on any atom is -0.457 e. The van der Waals surface area contributed by atoms with Crippen molar-refractivity contribution in [2.45, 2.75) is 78.6 Å². The van der Waals surface area contributed by atoms with E-state index >= 15 is 0 Å². The number of benzene rings is 6. The minimum atomic E-state index is -0.0112. The van der Waals surface area contributed by atoms with Gasteiger partial charge in [0.25, 0.3) is 0 Å². The van der Waals surface area contributed by atoms with Crippen LogP contribution in [0.25, 0.3) is 38.8 Å². The van der Waals surface area contributed by atoms with Crippen molar-refractivity contribution in [2.75, 3.05) is 16.5 Å². The molecule has 5 heteroatoms. The number of anilines is 4. The largest absolute Gasteiger partial charge is 0.457 e. The molecule has 59 heavy (non-hydrogen) atoms. The average Bonchev–Trinajstić information content (AvgIpc) is 3.76. The van der Waals surface area contributed by atoms with Crippen LogP contribution in [0.5, 0.6) is 11.5 Å². The zero-order valence-electron chi connectivity index (χ0n) is 35.8. The molecule has 0 N–H and O–H groups in total. The van der Waals surface area contributed by atoms with E-state index in [1.165, 1.54) is 50.0 Å². The lowest BCUT2D eigenvalue weighted by Crippen LogP contribution is -2.24. The molecule has 0 saturated carbocycles. The molecule has 1 aliphatic heterocycles. The summed E-state index contributed by atoms with van der Waals surface area (Å²) in [5.74, 6) is 2.46. The number of hydrogen-bond acceptors (Lipinski definition) is 4. The molecule has 0 spiro atoms. The van der Waals surface area contributed by atoms with E-state index in [1.807, 2.05) is 12.3 Å². The van der Waals surface area contributed by atoms with Crippen molar-refractivity contribution in [2.24, 2.45) is 0 Å². The second kappa shape index (κ2) is 14.2. The predicted octanol–water partition coefficient (Wildman–Crippen LogP) is 14.8. The van der Waals surface area contributed by atoms with Crippen LogP contribution in [0.2, 0.25) is 0 Å². The Kier molecular flexibility index (Phi) is 9.19. The Morgan fingerprint density at radius 1 is 0.458 bits per heavy atom. The highest BCUT2D eigenvalue weighted by atomic mass is 16.5. The van der Waals surface area contributed by atoms with Crippen LogP contribution in [0, 0.1) is 0 Å². The zero-order chi connectivity index (χ0) is 41.3. The number of hydrogen-bond donors (Lipinski definition) is 0. The molecule has 1 aliphatic rings. The van der Waals surface area contributed by atoms with Gasteiger partial charge in [0.1, 0.15) is 24.0 Å². The summed E-state index contributed by atoms with van der Waals surface area (Å²) in [6, 6.07) is 52.6. The van der Waals surface area contributed by atoms with Crippen LogP contribution in [0.3, 0.4) is 0 Å². The fourth-order valence-corrected chi connectivity index (χ4v) is 8.29. The van der Waals surface area contributed by atoms with Gasteiger partial charge in [-0.05, 0) is 117 Å². The summed E-state index contributed by atoms with van der Waals surface area (Å²) in [7, 11) is 0. The van der Waals surface area contributed by atoms with Gasteiger partial charge >= 0.3 is 0 Å². The standard InChI is InChI=1S/C54H54N4O/c1-52(2,3)38-17-13-18-41(30-38)57-35-56(48-25-21-37(29-50(48)57)36-15-11-10-12-16-36)42-19-14-20-43(33-42)59-44-23-24-45-46-31-39(53(4,5)6)22-26-47(46)58(49(45)34-44)51-32-40(27-28-55-51)54(7,8)9/h10-34H,35H2,1-9H3. The van der Waals surface area contributed by atoms with Gasteiger partial charge in [-0.15, -0.1) is 0 Å². The van der Waals surface area contributed by atoms with E-state index in [9.17, 15) is 0 Å². The van der Waals surface area contributed by atoms with Crippen molar-refractivity contribution in [1.82, 2.24) is 9.55 Å². The zero-order valence-corrected chi connectivity index (χ0v) is 35.8.